The van der Waals surface area contributed by atoms with Gasteiger partial charge in [0.15, 0.2) is 11.6 Å². The Bertz CT molecular complexity index is 1210. The molecule has 9 nitrogen and oxygen atoms in total. The number of rotatable bonds is 4. The molecule has 5 rings (SSSR count). The molecule has 4 aromatic heterocycles. The Labute approximate surface area is 176 Å². The number of hydrogen-bond acceptors (Lipinski definition) is 9. The fourth-order valence-electron chi connectivity index (χ4n) is 3.46. The van der Waals surface area contributed by atoms with Crippen LogP contribution in [0.25, 0.3) is 21.5 Å². The zero-order valence-electron chi connectivity index (χ0n) is 16.3. The third-order valence-corrected chi connectivity index (χ3v) is 5.91. The number of anilines is 1. The van der Waals surface area contributed by atoms with Crippen LogP contribution in [-0.2, 0) is 0 Å². The predicted molar refractivity (Wildman–Crippen MR) is 112 cm³/mol. The smallest absolute Gasteiger partial charge is 0.278 e. The average Bonchev–Trinajstić information content (AvgIpc) is 3.43. The third kappa shape index (κ3) is 3.79. The first-order chi connectivity index (χ1) is 14.7. The quantitative estimate of drug-likeness (QED) is 0.516. The maximum absolute atomic E-state index is 12.6. The summed E-state index contributed by atoms with van der Waals surface area (Å²) in [4.78, 5) is 25.7. The van der Waals surface area contributed by atoms with Gasteiger partial charge in [0.25, 0.3) is 5.91 Å². The van der Waals surface area contributed by atoms with Crippen LogP contribution in [0.3, 0.4) is 0 Å². The molecule has 0 aliphatic carbocycles. The Morgan fingerprint density at radius 2 is 2.07 bits per heavy atom. The molecule has 10 heteroatoms. The van der Waals surface area contributed by atoms with E-state index >= 15 is 0 Å². The highest BCUT2D eigenvalue weighted by Gasteiger charge is 2.22. The molecule has 1 saturated heterocycles. The largest absolute Gasteiger partial charge is 0.448 e. The number of fused-ring (bicyclic) bond motifs is 1. The Balaban J connectivity index is 1.35. The van der Waals surface area contributed by atoms with Crippen LogP contribution in [-0.4, -0.2) is 44.1 Å². The predicted octanol–water partition coefficient (Wildman–Crippen LogP) is 3.16. The molecule has 0 bridgehead atoms. The topological polar surface area (TPSA) is 119 Å². The van der Waals surface area contributed by atoms with Gasteiger partial charge in [-0.1, -0.05) is 11.3 Å². The number of amides is 1. The van der Waals surface area contributed by atoms with Crippen molar-refractivity contribution in [2.45, 2.75) is 25.7 Å². The van der Waals surface area contributed by atoms with Gasteiger partial charge in [-0.2, -0.15) is 0 Å². The lowest BCUT2D eigenvalue weighted by Gasteiger charge is -2.19. The fraction of sp³-hybridized carbons (Fsp3) is 0.300. The first-order valence-electron chi connectivity index (χ1n) is 9.69. The number of aromatic nitrogens is 5. The van der Waals surface area contributed by atoms with Gasteiger partial charge in [-0.15, -0.1) is 10.2 Å². The molecule has 1 aliphatic heterocycles. The molecule has 1 fully saturated rings. The number of piperidine rings is 1. The number of nitrogens with one attached hydrogen (secondary N) is 2. The van der Waals surface area contributed by atoms with Crippen molar-refractivity contribution in [2.75, 3.05) is 18.4 Å². The summed E-state index contributed by atoms with van der Waals surface area (Å²) < 4.78 is 5.56. The van der Waals surface area contributed by atoms with E-state index in [4.69, 9.17) is 4.42 Å². The summed E-state index contributed by atoms with van der Waals surface area (Å²) in [6.45, 7) is 3.78. The van der Waals surface area contributed by atoms with Gasteiger partial charge in [0.1, 0.15) is 22.1 Å². The highest BCUT2D eigenvalue weighted by Crippen LogP contribution is 2.27. The van der Waals surface area contributed by atoms with Crippen molar-refractivity contribution in [1.82, 2.24) is 30.5 Å². The Kier molecular flexibility index (Phi) is 4.93. The Hall–Kier alpha value is -3.24. The summed E-state index contributed by atoms with van der Waals surface area (Å²) in [5, 5.41) is 16.9. The summed E-state index contributed by atoms with van der Waals surface area (Å²) in [5.74, 6) is 0.940. The molecule has 5 heterocycles. The molecular formula is C20H19N7O2S. The molecule has 0 atom stereocenters. The van der Waals surface area contributed by atoms with E-state index in [1.54, 1.807) is 18.5 Å². The molecule has 0 spiro atoms. The zero-order chi connectivity index (χ0) is 20.5. The summed E-state index contributed by atoms with van der Waals surface area (Å²) in [6.07, 6.45) is 6.70. The van der Waals surface area contributed by atoms with Gasteiger partial charge in [-0.25, -0.2) is 9.97 Å². The minimum Gasteiger partial charge on any atom is -0.448 e. The molecule has 2 N–H and O–H groups in total. The molecule has 152 valence electrons. The fourth-order valence-corrected chi connectivity index (χ4v) is 4.13. The number of hydrogen-bond donors (Lipinski definition) is 2. The maximum Gasteiger partial charge on any atom is 0.278 e. The van der Waals surface area contributed by atoms with Crippen LogP contribution in [0.5, 0.6) is 0 Å². The van der Waals surface area contributed by atoms with E-state index in [1.807, 2.05) is 13.0 Å². The number of aryl methyl sites for hydroxylation is 1. The lowest BCUT2D eigenvalue weighted by Crippen LogP contribution is -2.26. The number of carbonyl (C=O) groups excluding carboxylic acids is 1. The summed E-state index contributed by atoms with van der Waals surface area (Å²) in [7, 11) is 0. The highest BCUT2D eigenvalue weighted by molar-refractivity contribution is 7.14. The van der Waals surface area contributed by atoms with Gasteiger partial charge in [0, 0.05) is 23.1 Å². The first kappa shape index (κ1) is 18.8. The normalized spacial score (nSPS) is 14.8. The second-order valence-electron chi connectivity index (χ2n) is 7.16. The van der Waals surface area contributed by atoms with Crippen LogP contribution in [0, 0.1) is 6.92 Å². The molecule has 0 radical (unpaired) electrons. The van der Waals surface area contributed by atoms with E-state index in [9.17, 15) is 4.79 Å². The lowest BCUT2D eigenvalue weighted by molar-refractivity contribution is 0.102. The maximum atomic E-state index is 12.6. The van der Waals surface area contributed by atoms with Crippen molar-refractivity contribution in [2.24, 2.45) is 0 Å². The molecule has 0 saturated carbocycles. The van der Waals surface area contributed by atoms with Crippen molar-refractivity contribution in [3.05, 3.63) is 47.4 Å². The van der Waals surface area contributed by atoms with Gasteiger partial charge in [0.05, 0.1) is 11.7 Å². The molecule has 4 aromatic rings. The molecule has 0 aromatic carbocycles. The number of carbonyl (C=O) groups is 1. The second kappa shape index (κ2) is 7.88. The third-order valence-electron chi connectivity index (χ3n) is 5.03. The van der Waals surface area contributed by atoms with Crippen molar-refractivity contribution in [3.8, 4) is 10.6 Å². The van der Waals surface area contributed by atoms with Crippen molar-refractivity contribution < 1.29 is 9.21 Å². The molecule has 30 heavy (non-hydrogen) atoms. The van der Waals surface area contributed by atoms with Gasteiger partial charge in [0.2, 0.25) is 0 Å². The Morgan fingerprint density at radius 1 is 1.20 bits per heavy atom. The van der Waals surface area contributed by atoms with Crippen molar-refractivity contribution >= 4 is 34.0 Å². The molecular weight excluding hydrogens is 402 g/mol. The summed E-state index contributed by atoms with van der Waals surface area (Å²) in [5.41, 5.74) is 1.86. The first-order valence-corrected chi connectivity index (χ1v) is 10.5. The van der Waals surface area contributed by atoms with E-state index < -0.39 is 0 Å². The van der Waals surface area contributed by atoms with E-state index in [0.717, 1.165) is 52.4 Å². The SMILES string of the molecule is Cc1nnc(-c2cnc3cnc(NC(=O)c4coc(C5CCNCC5)n4)cc3c2)s1. The monoisotopic (exact) mass is 421 g/mol. The van der Waals surface area contributed by atoms with Crippen LogP contribution < -0.4 is 10.6 Å². The minimum absolute atomic E-state index is 0.250. The average molecular weight is 421 g/mol. The van der Waals surface area contributed by atoms with E-state index in [1.165, 1.54) is 17.6 Å². The van der Waals surface area contributed by atoms with E-state index in [2.05, 4.69) is 35.8 Å². The van der Waals surface area contributed by atoms with Gasteiger partial charge >= 0.3 is 0 Å². The van der Waals surface area contributed by atoms with Crippen LogP contribution in [0.15, 0.2) is 35.2 Å². The Morgan fingerprint density at radius 3 is 2.87 bits per heavy atom. The van der Waals surface area contributed by atoms with Crippen molar-refractivity contribution in [3.63, 3.8) is 0 Å². The summed E-state index contributed by atoms with van der Waals surface area (Å²) in [6, 6.07) is 3.75. The van der Waals surface area contributed by atoms with Gasteiger partial charge in [-0.05, 0) is 45.0 Å². The molecule has 0 unspecified atom stereocenters. The highest BCUT2D eigenvalue weighted by atomic mass is 32.1. The lowest BCUT2D eigenvalue weighted by atomic mass is 9.98. The number of oxazole rings is 1. The van der Waals surface area contributed by atoms with E-state index in [0.29, 0.717) is 11.7 Å². The summed E-state index contributed by atoms with van der Waals surface area (Å²) >= 11 is 1.51. The van der Waals surface area contributed by atoms with Crippen LogP contribution >= 0.6 is 11.3 Å². The standard InChI is InChI=1S/C20H19N7O2S/c1-11-26-27-20(30-11)14-6-13-7-17(23-9-15(13)22-8-14)25-18(28)16-10-29-19(24-16)12-2-4-21-5-3-12/h6-10,12,21H,2-5H2,1H3,(H,23,25,28). The minimum atomic E-state index is -0.352. The van der Waals surface area contributed by atoms with Crippen LogP contribution in [0.2, 0.25) is 0 Å². The number of pyridine rings is 2. The van der Waals surface area contributed by atoms with Gasteiger partial charge in [-0.3, -0.25) is 9.78 Å². The van der Waals surface area contributed by atoms with E-state index in [-0.39, 0.29) is 17.5 Å². The molecule has 1 aliphatic rings. The van der Waals surface area contributed by atoms with Crippen LogP contribution in [0.4, 0.5) is 5.82 Å². The van der Waals surface area contributed by atoms with Crippen molar-refractivity contribution in [1.29, 1.82) is 0 Å². The van der Waals surface area contributed by atoms with Gasteiger partial charge < -0.3 is 15.1 Å². The zero-order valence-corrected chi connectivity index (χ0v) is 17.1. The second-order valence-corrected chi connectivity index (χ2v) is 8.34. The molecule has 1 amide bonds. The van der Waals surface area contributed by atoms with Crippen LogP contribution in [0.1, 0.15) is 40.1 Å². The number of nitrogens with zero attached hydrogens (tertiary/aromatic N) is 5.